The Morgan fingerprint density at radius 1 is 1.58 bits per heavy atom. The van der Waals surface area contributed by atoms with E-state index in [0.29, 0.717) is 34.4 Å². The fraction of sp³-hybridized carbons (Fsp3) is 0.529. The largest absolute Gasteiger partial charge is 0.496 e. The van der Waals surface area contributed by atoms with Crippen molar-refractivity contribution in [2.75, 3.05) is 12.9 Å². The van der Waals surface area contributed by atoms with Gasteiger partial charge in [-0.1, -0.05) is 18.5 Å². The summed E-state index contributed by atoms with van der Waals surface area (Å²) in [5.74, 6) is 0.872. The van der Waals surface area contributed by atoms with E-state index in [1.54, 1.807) is 19.9 Å². The summed E-state index contributed by atoms with van der Waals surface area (Å²) in [7, 11) is 1.46. The van der Waals surface area contributed by atoms with Crippen LogP contribution in [0.1, 0.15) is 45.4 Å². The highest BCUT2D eigenvalue weighted by Crippen LogP contribution is 2.30. The maximum absolute atomic E-state index is 12.8. The normalized spacial score (nSPS) is 21.2. The molecule has 142 valence electrons. The van der Waals surface area contributed by atoms with Crippen molar-refractivity contribution in [2.24, 2.45) is 10.1 Å². The first-order valence-electron chi connectivity index (χ1n) is 8.24. The topological polar surface area (TPSA) is 113 Å². The van der Waals surface area contributed by atoms with Gasteiger partial charge < -0.3 is 19.7 Å². The van der Waals surface area contributed by atoms with E-state index in [4.69, 9.17) is 14.4 Å². The average Bonchev–Trinajstić information content (AvgIpc) is 3.03. The first kappa shape index (κ1) is 20.0. The Hall–Kier alpha value is -2.29. The van der Waals surface area contributed by atoms with Crippen LogP contribution in [-0.2, 0) is 4.79 Å². The Labute approximate surface area is 155 Å². The van der Waals surface area contributed by atoms with Gasteiger partial charge in [-0.2, -0.15) is 0 Å². The Morgan fingerprint density at radius 2 is 2.31 bits per heavy atom. The highest BCUT2D eigenvalue weighted by molar-refractivity contribution is 8.16. The summed E-state index contributed by atoms with van der Waals surface area (Å²) in [6.45, 7) is 5.32. The van der Waals surface area contributed by atoms with Crippen molar-refractivity contribution in [2.45, 2.75) is 45.2 Å². The van der Waals surface area contributed by atoms with Crippen LogP contribution >= 0.6 is 11.8 Å². The second-order valence-electron chi connectivity index (χ2n) is 6.20. The van der Waals surface area contributed by atoms with Gasteiger partial charge in [-0.25, -0.2) is 4.79 Å². The minimum Gasteiger partial charge on any atom is -0.496 e. The Bertz CT molecular complexity index is 789. The molecule has 1 amide bonds. The van der Waals surface area contributed by atoms with Crippen molar-refractivity contribution >= 4 is 28.4 Å². The number of hydrogen-bond acceptors (Lipinski definition) is 8. The van der Waals surface area contributed by atoms with E-state index in [2.05, 4.69) is 15.5 Å². The number of carbonyl (C=O) groups excluding carboxylic acids is 1. The molecule has 0 bridgehead atoms. The van der Waals surface area contributed by atoms with Crippen molar-refractivity contribution < 1.29 is 19.2 Å². The van der Waals surface area contributed by atoms with E-state index < -0.39 is 17.2 Å². The van der Waals surface area contributed by atoms with Crippen LogP contribution in [0, 0.1) is 0 Å². The molecule has 2 N–H and O–H groups in total. The number of rotatable bonds is 7. The third-order valence-electron chi connectivity index (χ3n) is 4.01. The molecule has 0 fully saturated rings. The zero-order valence-electron chi connectivity index (χ0n) is 15.2. The highest BCUT2D eigenvalue weighted by Gasteiger charge is 2.40. The van der Waals surface area contributed by atoms with Crippen LogP contribution in [0.5, 0.6) is 5.75 Å². The van der Waals surface area contributed by atoms with Gasteiger partial charge in [-0.3, -0.25) is 9.79 Å². The van der Waals surface area contributed by atoms with E-state index >= 15 is 0 Å². The fourth-order valence-corrected chi connectivity index (χ4v) is 3.62. The number of thioether (sulfide) groups is 1. The van der Waals surface area contributed by atoms with Crippen LogP contribution < -0.4 is 15.7 Å². The van der Waals surface area contributed by atoms with Gasteiger partial charge in [-0.05, 0) is 20.3 Å². The molecule has 2 rings (SSSR count). The quantitative estimate of drug-likeness (QED) is 0.426. The van der Waals surface area contributed by atoms with Crippen molar-refractivity contribution in [3.05, 3.63) is 28.3 Å². The fourth-order valence-electron chi connectivity index (χ4n) is 2.49. The number of nitrogens with one attached hydrogen (secondary N) is 1. The van der Waals surface area contributed by atoms with Crippen LogP contribution in [0.3, 0.4) is 0 Å². The summed E-state index contributed by atoms with van der Waals surface area (Å²) in [6.07, 6.45) is 1.38. The summed E-state index contributed by atoms with van der Waals surface area (Å²) >= 11 is 1.36. The highest BCUT2D eigenvalue weighted by atomic mass is 32.2. The number of oxime groups is 1. The van der Waals surface area contributed by atoms with Crippen LogP contribution in [0.4, 0.5) is 0 Å². The Balaban J connectivity index is 2.25. The summed E-state index contributed by atoms with van der Waals surface area (Å²) in [4.78, 5) is 29.0. The number of ether oxygens (including phenoxy) is 1. The van der Waals surface area contributed by atoms with Crippen LogP contribution in [0.25, 0.3) is 0 Å². The first-order valence-corrected chi connectivity index (χ1v) is 9.23. The van der Waals surface area contributed by atoms with Gasteiger partial charge in [0.05, 0.1) is 19.2 Å². The van der Waals surface area contributed by atoms with Gasteiger partial charge >= 0.3 is 5.63 Å². The smallest absolute Gasteiger partial charge is 0.339 e. The zero-order chi connectivity index (χ0) is 19.3. The molecule has 26 heavy (non-hydrogen) atoms. The zero-order valence-corrected chi connectivity index (χ0v) is 16.1. The standard InChI is InChI=1S/C17H23N3O5S/c1-5-6-12(13-7-11(24-4)8-14(21)25-13)18-16(22)17(3)9-26-15(19-17)10(2)20-23/h7-8,12,23H,5-6,9H2,1-4H3,(H,18,22)/b20-10+/t12-,17?/m1/s1. The van der Waals surface area contributed by atoms with E-state index in [1.807, 2.05) is 6.92 Å². The molecule has 0 aliphatic carbocycles. The summed E-state index contributed by atoms with van der Waals surface area (Å²) in [6, 6.07) is 2.38. The second-order valence-corrected chi connectivity index (χ2v) is 7.16. The van der Waals surface area contributed by atoms with E-state index in [-0.39, 0.29) is 5.91 Å². The van der Waals surface area contributed by atoms with Gasteiger partial charge in [0, 0.05) is 11.8 Å². The molecule has 1 aromatic heterocycles. The summed E-state index contributed by atoms with van der Waals surface area (Å²) in [5, 5.41) is 15.5. The summed E-state index contributed by atoms with van der Waals surface area (Å²) < 4.78 is 10.4. The lowest BCUT2D eigenvalue weighted by Crippen LogP contribution is -2.45. The van der Waals surface area contributed by atoms with Crippen molar-refractivity contribution in [1.29, 1.82) is 0 Å². The lowest BCUT2D eigenvalue weighted by Gasteiger charge is -2.24. The lowest BCUT2D eigenvalue weighted by atomic mass is 10.0. The molecular weight excluding hydrogens is 358 g/mol. The van der Waals surface area contributed by atoms with Gasteiger partial charge in [0.25, 0.3) is 0 Å². The van der Waals surface area contributed by atoms with Gasteiger partial charge in [0.15, 0.2) is 0 Å². The van der Waals surface area contributed by atoms with E-state index in [0.717, 1.165) is 6.42 Å². The second kappa shape index (κ2) is 8.39. The molecule has 2 atom stereocenters. The lowest BCUT2D eigenvalue weighted by molar-refractivity contribution is -0.125. The maximum atomic E-state index is 12.8. The van der Waals surface area contributed by atoms with Gasteiger partial charge in [-0.15, -0.1) is 11.8 Å². The molecule has 2 heterocycles. The molecule has 1 unspecified atom stereocenters. The van der Waals surface area contributed by atoms with Crippen LogP contribution in [-0.4, -0.2) is 40.3 Å². The van der Waals surface area contributed by atoms with Crippen molar-refractivity contribution in [3.8, 4) is 5.75 Å². The minimum atomic E-state index is -0.989. The third-order valence-corrected chi connectivity index (χ3v) is 5.38. The maximum Gasteiger partial charge on any atom is 0.339 e. The Morgan fingerprint density at radius 3 is 2.92 bits per heavy atom. The van der Waals surface area contributed by atoms with Crippen LogP contribution in [0.2, 0.25) is 0 Å². The molecule has 0 saturated carbocycles. The number of nitrogens with zero attached hydrogens (tertiary/aromatic N) is 2. The average molecular weight is 381 g/mol. The summed E-state index contributed by atoms with van der Waals surface area (Å²) in [5.41, 5.74) is -1.15. The van der Waals surface area contributed by atoms with Gasteiger partial charge in [0.1, 0.15) is 27.8 Å². The predicted molar refractivity (Wildman–Crippen MR) is 101 cm³/mol. The molecule has 1 aliphatic heterocycles. The number of methoxy groups -OCH3 is 1. The van der Waals surface area contributed by atoms with E-state index in [9.17, 15) is 9.59 Å². The molecule has 9 heteroatoms. The SMILES string of the molecule is CCC[C@@H](NC(=O)C1(C)CSC(/C(C)=N/O)=N1)c1cc(OC)cc(=O)o1. The number of carbonyl (C=O) groups is 1. The molecule has 0 saturated heterocycles. The molecule has 0 spiro atoms. The molecule has 1 aromatic rings. The first-order chi connectivity index (χ1) is 12.3. The molecule has 0 aromatic carbocycles. The number of hydrogen-bond donors (Lipinski definition) is 2. The minimum absolute atomic E-state index is 0.283. The Kier molecular flexibility index (Phi) is 6.47. The number of aliphatic imine (C=N–C) groups is 1. The molecule has 1 aliphatic rings. The monoisotopic (exact) mass is 381 g/mol. The number of amides is 1. The molecule has 0 radical (unpaired) electrons. The van der Waals surface area contributed by atoms with Crippen molar-refractivity contribution in [1.82, 2.24) is 5.32 Å². The van der Waals surface area contributed by atoms with Gasteiger partial charge in [0.2, 0.25) is 5.91 Å². The predicted octanol–water partition coefficient (Wildman–Crippen LogP) is 2.36. The molecular formula is C17H23N3O5S. The van der Waals surface area contributed by atoms with Crippen LogP contribution in [0.15, 0.2) is 31.5 Å². The van der Waals surface area contributed by atoms with Crippen molar-refractivity contribution in [3.63, 3.8) is 0 Å². The molecule has 8 nitrogen and oxygen atoms in total. The third kappa shape index (κ3) is 4.46. The van der Waals surface area contributed by atoms with E-state index in [1.165, 1.54) is 24.9 Å².